The highest BCUT2D eigenvalue weighted by molar-refractivity contribution is 7.90. The van der Waals surface area contributed by atoms with Crippen molar-refractivity contribution >= 4 is 21.4 Å². The number of aromatic nitrogens is 2. The quantitative estimate of drug-likeness (QED) is 0.777. The number of aromatic amines is 1. The van der Waals surface area contributed by atoms with Crippen molar-refractivity contribution in [2.24, 2.45) is 5.92 Å². The van der Waals surface area contributed by atoms with Gasteiger partial charge in [-0.15, -0.1) is 0 Å². The number of hydrogen-bond acceptors (Lipinski definition) is 5. The van der Waals surface area contributed by atoms with Crippen LogP contribution in [0.1, 0.15) is 48.9 Å². The summed E-state index contributed by atoms with van der Waals surface area (Å²) in [5.74, 6) is -0.199. The van der Waals surface area contributed by atoms with Crippen molar-refractivity contribution in [3.05, 3.63) is 46.1 Å². The Labute approximate surface area is 168 Å². The number of halogens is 2. The Bertz CT molecular complexity index is 1010. The maximum atomic E-state index is 13.6. The van der Waals surface area contributed by atoms with Crippen LogP contribution in [-0.2, 0) is 14.6 Å². The molecule has 0 spiro atoms. The number of sulfone groups is 1. The SMILES string of the molecule is Cc1[nH]c(C(OC2CCC(C#N)CC2)c2ccc(F)c(Cl)c2)nc1S(C)(=O)=O. The summed E-state index contributed by atoms with van der Waals surface area (Å²) >= 11 is 5.94. The minimum atomic E-state index is -3.51. The van der Waals surface area contributed by atoms with E-state index in [0.717, 1.165) is 19.1 Å². The van der Waals surface area contributed by atoms with Crippen LogP contribution < -0.4 is 0 Å². The highest BCUT2D eigenvalue weighted by Crippen LogP contribution is 2.34. The van der Waals surface area contributed by atoms with Gasteiger partial charge in [0.2, 0.25) is 0 Å². The molecule has 1 aromatic heterocycles. The Hall–Kier alpha value is -1.95. The van der Waals surface area contributed by atoms with Crippen molar-refractivity contribution < 1.29 is 17.5 Å². The summed E-state index contributed by atoms with van der Waals surface area (Å²) < 4.78 is 43.8. The van der Waals surface area contributed by atoms with Crippen LogP contribution in [0.25, 0.3) is 0 Å². The van der Waals surface area contributed by atoms with Crippen molar-refractivity contribution in [2.45, 2.75) is 49.8 Å². The molecule has 0 saturated heterocycles. The fourth-order valence-electron chi connectivity index (χ4n) is 3.45. The van der Waals surface area contributed by atoms with Gasteiger partial charge in [0, 0.05) is 12.2 Å². The maximum absolute atomic E-state index is 13.6. The van der Waals surface area contributed by atoms with E-state index in [4.69, 9.17) is 21.6 Å². The molecule has 0 bridgehead atoms. The lowest BCUT2D eigenvalue weighted by atomic mass is 9.88. The highest BCUT2D eigenvalue weighted by Gasteiger charge is 2.29. The van der Waals surface area contributed by atoms with Crippen LogP contribution in [0.3, 0.4) is 0 Å². The van der Waals surface area contributed by atoms with Crippen molar-refractivity contribution in [3.8, 4) is 6.07 Å². The Morgan fingerprint density at radius 3 is 2.57 bits per heavy atom. The van der Waals surface area contributed by atoms with Crippen LogP contribution in [0.5, 0.6) is 0 Å². The molecule has 150 valence electrons. The summed E-state index contributed by atoms with van der Waals surface area (Å²) in [7, 11) is -3.51. The van der Waals surface area contributed by atoms with Crippen LogP contribution >= 0.6 is 11.6 Å². The number of imidazole rings is 1. The normalized spacial score (nSPS) is 21.2. The zero-order chi connectivity index (χ0) is 20.5. The summed E-state index contributed by atoms with van der Waals surface area (Å²) in [5, 5.41) is 8.97. The minimum Gasteiger partial charge on any atom is -0.362 e. The number of nitriles is 1. The lowest BCUT2D eigenvalue weighted by Gasteiger charge is -2.29. The number of hydrogen-bond donors (Lipinski definition) is 1. The minimum absolute atomic E-state index is 0.0289. The molecule has 1 saturated carbocycles. The largest absolute Gasteiger partial charge is 0.362 e. The molecule has 1 aliphatic carbocycles. The second-order valence-electron chi connectivity index (χ2n) is 7.12. The molecule has 1 atom stereocenters. The molecule has 1 N–H and O–H groups in total. The van der Waals surface area contributed by atoms with Crippen LogP contribution in [0.15, 0.2) is 23.2 Å². The van der Waals surface area contributed by atoms with E-state index in [1.807, 2.05) is 0 Å². The third kappa shape index (κ3) is 4.54. The van der Waals surface area contributed by atoms with Crippen LogP contribution in [0.4, 0.5) is 4.39 Å². The molecule has 0 radical (unpaired) electrons. The first kappa shape index (κ1) is 20.8. The molecule has 28 heavy (non-hydrogen) atoms. The molecule has 0 amide bonds. The topological polar surface area (TPSA) is 95.8 Å². The third-order valence-corrected chi connectivity index (χ3v) is 6.28. The van der Waals surface area contributed by atoms with Gasteiger partial charge in [-0.3, -0.25) is 0 Å². The molecule has 1 unspecified atom stereocenters. The van der Waals surface area contributed by atoms with Crippen molar-refractivity contribution in [3.63, 3.8) is 0 Å². The number of rotatable bonds is 5. The first-order chi connectivity index (χ1) is 13.2. The van der Waals surface area contributed by atoms with E-state index in [9.17, 15) is 12.8 Å². The molecular weight excluding hydrogens is 405 g/mol. The Kier molecular flexibility index (Phi) is 6.08. The van der Waals surface area contributed by atoms with Crippen LogP contribution in [0, 0.1) is 30.0 Å². The number of nitrogens with one attached hydrogen (secondary N) is 1. The summed E-state index contributed by atoms with van der Waals surface area (Å²) in [6.07, 6.45) is 3.15. The Morgan fingerprint density at radius 2 is 2.04 bits per heavy atom. The van der Waals surface area contributed by atoms with Gasteiger partial charge in [-0.25, -0.2) is 17.8 Å². The van der Waals surface area contributed by atoms with E-state index in [-0.39, 0.29) is 22.1 Å². The third-order valence-electron chi connectivity index (χ3n) is 4.89. The maximum Gasteiger partial charge on any atom is 0.194 e. The molecule has 1 aromatic carbocycles. The van der Waals surface area contributed by atoms with Gasteiger partial charge in [0.05, 0.1) is 22.9 Å². The molecule has 3 rings (SSSR count). The van der Waals surface area contributed by atoms with Crippen molar-refractivity contribution in [2.75, 3.05) is 6.26 Å². The predicted molar refractivity (Wildman–Crippen MR) is 102 cm³/mol. The van der Waals surface area contributed by atoms with E-state index >= 15 is 0 Å². The molecule has 1 fully saturated rings. The van der Waals surface area contributed by atoms with Crippen LogP contribution in [-0.4, -0.2) is 30.7 Å². The van der Waals surface area contributed by atoms with Gasteiger partial charge in [-0.2, -0.15) is 5.26 Å². The number of ether oxygens (including phenoxy) is 1. The molecule has 2 aromatic rings. The molecule has 1 aliphatic rings. The molecule has 0 aliphatic heterocycles. The molecule has 6 nitrogen and oxygen atoms in total. The van der Waals surface area contributed by atoms with Crippen molar-refractivity contribution in [1.29, 1.82) is 5.26 Å². The van der Waals surface area contributed by atoms with Gasteiger partial charge in [0.15, 0.2) is 14.9 Å². The summed E-state index contributed by atoms with van der Waals surface area (Å²) in [6, 6.07) is 6.53. The molecule has 9 heteroatoms. The summed E-state index contributed by atoms with van der Waals surface area (Å²) in [6.45, 7) is 1.62. The summed E-state index contributed by atoms with van der Waals surface area (Å²) in [4.78, 5) is 7.24. The zero-order valence-corrected chi connectivity index (χ0v) is 17.1. The first-order valence-electron chi connectivity index (χ1n) is 8.95. The van der Waals surface area contributed by atoms with Gasteiger partial charge < -0.3 is 9.72 Å². The Balaban J connectivity index is 1.95. The number of aryl methyl sites for hydroxylation is 1. The van der Waals surface area contributed by atoms with Crippen molar-refractivity contribution in [1.82, 2.24) is 9.97 Å². The van der Waals surface area contributed by atoms with E-state index in [2.05, 4.69) is 16.0 Å². The molecular formula is C19H21ClFN3O3S. The van der Waals surface area contributed by atoms with Gasteiger partial charge in [-0.1, -0.05) is 17.7 Å². The van der Waals surface area contributed by atoms with Gasteiger partial charge in [0.1, 0.15) is 17.7 Å². The average molecular weight is 426 g/mol. The monoisotopic (exact) mass is 425 g/mol. The van der Waals surface area contributed by atoms with Gasteiger partial charge in [-0.05, 0) is 50.3 Å². The van der Waals surface area contributed by atoms with Gasteiger partial charge >= 0.3 is 0 Å². The fraction of sp³-hybridized carbons (Fsp3) is 0.474. The first-order valence-corrected chi connectivity index (χ1v) is 11.2. The lowest BCUT2D eigenvalue weighted by Crippen LogP contribution is -2.24. The number of nitrogens with zero attached hydrogens (tertiary/aromatic N) is 2. The smallest absolute Gasteiger partial charge is 0.194 e. The lowest BCUT2D eigenvalue weighted by molar-refractivity contribution is -0.0196. The van der Waals surface area contributed by atoms with E-state index in [0.29, 0.717) is 29.9 Å². The fourth-order valence-corrected chi connectivity index (χ4v) is 4.51. The summed E-state index contributed by atoms with van der Waals surface area (Å²) in [5.41, 5.74) is 0.982. The van der Waals surface area contributed by atoms with Crippen LogP contribution in [0.2, 0.25) is 5.02 Å². The Morgan fingerprint density at radius 1 is 1.36 bits per heavy atom. The van der Waals surface area contributed by atoms with E-state index in [1.165, 1.54) is 12.1 Å². The standard InChI is InChI=1S/C19H21ClFN3O3S/c1-11-19(28(2,25)26)24-18(23-11)17(13-5-8-16(21)15(20)9-13)27-14-6-3-12(10-22)4-7-14/h5,8-9,12,14,17H,3-4,6-7H2,1-2H3,(H,23,24). The molecule has 1 heterocycles. The van der Waals surface area contributed by atoms with Gasteiger partial charge in [0.25, 0.3) is 0 Å². The average Bonchev–Trinajstić information content (AvgIpc) is 3.04. The van der Waals surface area contributed by atoms with E-state index < -0.39 is 21.8 Å². The van der Waals surface area contributed by atoms with E-state index in [1.54, 1.807) is 13.0 Å². The zero-order valence-electron chi connectivity index (χ0n) is 15.6. The second kappa shape index (κ2) is 8.19. The number of benzene rings is 1. The highest BCUT2D eigenvalue weighted by atomic mass is 35.5. The second-order valence-corrected chi connectivity index (χ2v) is 9.45. The predicted octanol–water partition coefficient (Wildman–Crippen LogP) is 4.10. The number of H-pyrrole nitrogens is 1.